The van der Waals surface area contributed by atoms with E-state index in [0.717, 1.165) is 18.0 Å². The molecule has 0 saturated carbocycles. The van der Waals surface area contributed by atoms with Crippen molar-refractivity contribution in [1.82, 2.24) is 0 Å². The van der Waals surface area contributed by atoms with Crippen molar-refractivity contribution >= 4 is 22.9 Å². The molecule has 0 aliphatic carbocycles. The van der Waals surface area contributed by atoms with Crippen LogP contribution >= 0.6 is 12.2 Å². The van der Waals surface area contributed by atoms with Crippen LogP contribution in [-0.2, 0) is 0 Å². The first kappa shape index (κ1) is 13.8. The summed E-state index contributed by atoms with van der Waals surface area (Å²) in [5, 5.41) is 3.28. The molecule has 1 aromatic carbocycles. The number of anilines is 1. The summed E-state index contributed by atoms with van der Waals surface area (Å²) in [7, 11) is 0. The number of rotatable bonds is 6. The van der Waals surface area contributed by atoms with Crippen molar-refractivity contribution in [3.05, 3.63) is 24.3 Å². The van der Waals surface area contributed by atoms with Gasteiger partial charge in [-0.25, -0.2) is 0 Å². The number of nitrogens with one attached hydrogen (secondary N) is 1. The molecule has 0 heterocycles. The Kier molecular flexibility index (Phi) is 5.22. The van der Waals surface area contributed by atoms with Gasteiger partial charge in [-0.3, -0.25) is 0 Å². The van der Waals surface area contributed by atoms with Gasteiger partial charge in [-0.15, -0.1) is 0 Å². The van der Waals surface area contributed by atoms with E-state index in [4.69, 9.17) is 22.7 Å². The molecule has 94 valence electrons. The summed E-state index contributed by atoms with van der Waals surface area (Å²) in [6.07, 6.45) is 0.198. The second-order valence-electron chi connectivity index (χ2n) is 4.38. The first-order chi connectivity index (χ1) is 7.99. The van der Waals surface area contributed by atoms with Gasteiger partial charge in [0.15, 0.2) is 0 Å². The predicted molar refractivity (Wildman–Crippen MR) is 76.6 cm³/mol. The second-order valence-corrected chi connectivity index (χ2v) is 4.85. The van der Waals surface area contributed by atoms with Crippen LogP contribution in [0.2, 0.25) is 0 Å². The highest BCUT2D eigenvalue weighted by Gasteiger charge is 2.04. The van der Waals surface area contributed by atoms with Crippen LogP contribution in [0.5, 0.6) is 5.75 Å². The maximum Gasteiger partial charge on any atom is 0.119 e. The van der Waals surface area contributed by atoms with Crippen molar-refractivity contribution in [1.29, 1.82) is 0 Å². The van der Waals surface area contributed by atoms with Gasteiger partial charge < -0.3 is 15.8 Å². The molecule has 0 fully saturated rings. The normalized spacial score (nSPS) is 12.2. The zero-order valence-electron chi connectivity index (χ0n) is 10.6. The van der Waals surface area contributed by atoms with E-state index in [9.17, 15) is 0 Å². The third-order valence-corrected chi connectivity index (χ3v) is 2.73. The van der Waals surface area contributed by atoms with E-state index < -0.39 is 0 Å². The largest absolute Gasteiger partial charge is 0.491 e. The summed E-state index contributed by atoms with van der Waals surface area (Å²) in [6, 6.07) is 7.88. The van der Waals surface area contributed by atoms with Crippen LogP contribution in [0.15, 0.2) is 24.3 Å². The molecule has 1 atom stereocenters. The number of thiocarbonyl (C=S) groups is 1. The Bertz CT molecular complexity index is 362. The first-order valence-corrected chi connectivity index (χ1v) is 6.19. The van der Waals surface area contributed by atoms with E-state index in [1.54, 1.807) is 0 Å². The van der Waals surface area contributed by atoms with Crippen LogP contribution in [0, 0.1) is 5.92 Å². The molecule has 0 aliphatic rings. The smallest absolute Gasteiger partial charge is 0.119 e. The zero-order chi connectivity index (χ0) is 12.8. The Morgan fingerprint density at radius 1 is 1.29 bits per heavy atom. The minimum atomic E-state index is 0.191. The molecule has 3 nitrogen and oxygen atoms in total. The van der Waals surface area contributed by atoms with Crippen molar-refractivity contribution in [2.45, 2.75) is 26.9 Å². The first-order valence-electron chi connectivity index (χ1n) is 5.79. The second kappa shape index (κ2) is 6.45. The minimum Gasteiger partial charge on any atom is -0.491 e. The molecular weight excluding hydrogens is 232 g/mol. The lowest BCUT2D eigenvalue weighted by Gasteiger charge is -2.13. The van der Waals surface area contributed by atoms with Crippen LogP contribution in [0.25, 0.3) is 0 Å². The molecule has 0 radical (unpaired) electrons. The standard InChI is InChI=1S/C13H20N2OS/c1-9(2)16-12-6-4-11(5-7-12)15-8-10(3)13(14)17/h4-7,9-10,15H,8H2,1-3H3,(H2,14,17). The monoisotopic (exact) mass is 252 g/mol. The van der Waals surface area contributed by atoms with Crippen LogP contribution in [0.3, 0.4) is 0 Å². The molecule has 0 amide bonds. The molecule has 0 saturated heterocycles. The molecular formula is C13H20N2OS. The van der Waals surface area contributed by atoms with E-state index in [2.05, 4.69) is 5.32 Å². The lowest BCUT2D eigenvalue weighted by molar-refractivity contribution is 0.242. The molecule has 1 unspecified atom stereocenters. The topological polar surface area (TPSA) is 47.3 Å². The van der Waals surface area contributed by atoms with Gasteiger partial charge in [-0.05, 0) is 38.1 Å². The summed E-state index contributed by atoms with van der Waals surface area (Å²) in [6.45, 7) is 6.78. The highest BCUT2D eigenvalue weighted by molar-refractivity contribution is 7.80. The highest BCUT2D eigenvalue weighted by Crippen LogP contribution is 2.17. The Hall–Kier alpha value is -1.29. The fourth-order valence-corrected chi connectivity index (χ4v) is 1.38. The third-order valence-electron chi connectivity index (χ3n) is 2.32. The lowest BCUT2D eigenvalue weighted by atomic mass is 10.2. The Morgan fingerprint density at radius 3 is 2.35 bits per heavy atom. The fourth-order valence-electron chi connectivity index (χ4n) is 1.30. The third kappa shape index (κ3) is 5.04. The SMILES string of the molecule is CC(C)Oc1ccc(NCC(C)C(N)=S)cc1. The van der Waals surface area contributed by atoms with E-state index in [-0.39, 0.29) is 12.0 Å². The summed E-state index contributed by atoms with van der Waals surface area (Å²) in [5.74, 6) is 1.07. The van der Waals surface area contributed by atoms with Crippen molar-refractivity contribution < 1.29 is 4.74 Å². The molecule has 1 aromatic rings. The zero-order valence-corrected chi connectivity index (χ0v) is 11.4. The van der Waals surface area contributed by atoms with Crippen LogP contribution < -0.4 is 15.8 Å². The highest BCUT2D eigenvalue weighted by atomic mass is 32.1. The van der Waals surface area contributed by atoms with Gasteiger partial charge in [0.25, 0.3) is 0 Å². The molecule has 0 aliphatic heterocycles. The van der Waals surface area contributed by atoms with Crippen molar-refractivity contribution in [2.24, 2.45) is 11.7 Å². The fraction of sp³-hybridized carbons (Fsp3) is 0.462. The molecule has 1 rings (SSSR count). The van der Waals surface area contributed by atoms with Crippen molar-refractivity contribution in [2.75, 3.05) is 11.9 Å². The number of hydrogen-bond donors (Lipinski definition) is 2. The summed E-state index contributed by atoms with van der Waals surface area (Å²) >= 11 is 4.92. The minimum absolute atomic E-state index is 0.191. The summed E-state index contributed by atoms with van der Waals surface area (Å²) in [5.41, 5.74) is 6.60. The summed E-state index contributed by atoms with van der Waals surface area (Å²) < 4.78 is 5.56. The molecule has 0 bridgehead atoms. The Morgan fingerprint density at radius 2 is 1.88 bits per heavy atom. The predicted octanol–water partition coefficient (Wildman–Crippen LogP) is 2.81. The van der Waals surface area contributed by atoms with Gasteiger partial charge >= 0.3 is 0 Å². The van der Waals surface area contributed by atoms with Gasteiger partial charge in [0.05, 0.1) is 11.1 Å². The van der Waals surface area contributed by atoms with E-state index in [1.807, 2.05) is 45.0 Å². The maximum atomic E-state index is 5.56. The van der Waals surface area contributed by atoms with Gasteiger partial charge in [-0.1, -0.05) is 19.1 Å². The van der Waals surface area contributed by atoms with Gasteiger partial charge in [-0.2, -0.15) is 0 Å². The number of ether oxygens (including phenoxy) is 1. The number of nitrogens with two attached hydrogens (primary N) is 1. The lowest BCUT2D eigenvalue weighted by Crippen LogP contribution is -2.25. The van der Waals surface area contributed by atoms with Crippen LogP contribution in [0.1, 0.15) is 20.8 Å². The van der Waals surface area contributed by atoms with E-state index >= 15 is 0 Å². The molecule has 0 aromatic heterocycles. The van der Waals surface area contributed by atoms with Crippen LogP contribution in [0.4, 0.5) is 5.69 Å². The molecule has 17 heavy (non-hydrogen) atoms. The van der Waals surface area contributed by atoms with Crippen molar-refractivity contribution in [3.8, 4) is 5.75 Å². The van der Waals surface area contributed by atoms with Crippen LogP contribution in [-0.4, -0.2) is 17.6 Å². The van der Waals surface area contributed by atoms with Gasteiger partial charge in [0.2, 0.25) is 0 Å². The number of benzene rings is 1. The Labute approximate surface area is 108 Å². The quantitative estimate of drug-likeness (QED) is 0.764. The van der Waals surface area contributed by atoms with E-state index in [0.29, 0.717) is 4.99 Å². The Balaban J connectivity index is 2.48. The molecule has 4 heteroatoms. The van der Waals surface area contributed by atoms with Gasteiger partial charge in [0, 0.05) is 18.2 Å². The average molecular weight is 252 g/mol. The van der Waals surface area contributed by atoms with Gasteiger partial charge in [0.1, 0.15) is 5.75 Å². The number of hydrogen-bond acceptors (Lipinski definition) is 3. The van der Waals surface area contributed by atoms with E-state index in [1.165, 1.54) is 0 Å². The molecule has 0 spiro atoms. The summed E-state index contributed by atoms with van der Waals surface area (Å²) in [4.78, 5) is 0.539. The van der Waals surface area contributed by atoms with Crippen molar-refractivity contribution in [3.63, 3.8) is 0 Å². The molecule has 3 N–H and O–H groups in total. The maximum absolute atomic E-state index is 5.56. The average Bonchev–Trinajstić information content (AvgIpc) is 2.26.